The van der Waals surface area contributed by atoms with Gasteiger partial charge in [-0.25, -0.2) is 9.59 Å². The van der Waals surface area contributed by atoms with E-state index in [0.29, 0.717) is 55.6 Å². The first kappa shape index (κ1) is 27.0. The summed E-state index contributed by atoms with van der Waals surface area (Å²) in [4.78, 5) is 38.0. The molecule has 38 heavy (non-hydrogen) atoms. The van der Waals surface area contributed by atoms with Gasteiger partial charge in [0.15, 0.2) is 11.5 Å². The van der Waals surface area contributed by atoms with Crippen LogP contribution in [0.2, 0.25) is 0 Å². The van der Waals surface area contributed by atoms with Crippen LogP contribution in [0.4, 0.5) is 0 Å². The lowest BCUT2D eigenvalue weighted by Gasteiger charge is -2.16. The van der Waals surface area contributed by atoms with Crippen molar-refractivity contribution in [2.75, 3.05) is 33.0 Å². The van der Waals surface area contributed by atoms with E-state index in [2.05, 4.69) is 5.32 Å². The van der Waals surface area contributed by atoms with Crippen molar-refractivity contribution in [1.29, 1.82) is 0 Å². The van der Waals surface area contributed by atoms with Crippen LogP contribution in [-0.4, -0.2) is 51.0 Å². The third-order valence-corrected chi connectivity index (χ3v) is 5.82. The molecule has 1 N–H and O–H groups in total. The van der Waals surface area contributed by atoms with Crippen molar-refractivity contribution in [3.63, 3.8) is 0 Å². The number of carbonyl (C=O) groups is 2. The minimum absolute atomic E-state index is 0.0479. The van der Waals surface area contributed by atoms with Crippen molar-refractivity contribution < 1.29 is 37.7 Å². The predicted octanol–water partition coefficient (Wildman–Crippen LogP) is 4.12. The second kappa shape index (κ2) is 12.5. The largest absolute Gasteiger partial charge is 0.490 e. The Hall–Kier alpha value is -4.05. The highest BCUT2D eigenvalue weighted by Gasteiger charge is 2.21. The van der Waals surface area contributed by atoms with Gasteiger partial charge in [0.05, 0.1) is 31.5 Å². The van der Waals surface area contributed by atoms with Crippen LogP contribution in [0.1, 0.15) is 54.3 Å². The van der Waals surface area contributed by atoms with Crippen LogP contribution in [0, 0.1) is 0 Å². The molecule has 0 aliphatic carbocycles. The molecule has 2 heterocycles. The van der Waals surface area contributed by atoms with Gasteiger partial charge in [0.25, 0.3) is 5.91 Å². The van der Waals surface area contributed by atoms with Gasteiger partial charge in [-0.3, -0.25) is 4.79 Å². The highest BCUT2D eigenvalue weighted by Crippen LogP contribution is 2.39. The molecule has 1 aliphatic heterocycles. The maximum Gasteiger partial charge on any atom is 0.349 e. The van der Waals surface area contributed by atoms with E-state index >= 15 is 0 Å². The number of ether oxygens (including phenoxy) is 5. The summed E-state index contributed by atoms with van der Waals surface area (Å²) in [6.45, 7) is 7.60. The number of esters is 1. The second-order valence-electron chi connectivity index (χ2n) is 8.48. The van der Waals surface area contributed by atoms with Gasteiger partial charge in [0, 0.05) is 24.6 Å². The summed E-state index contributed by atoms with van der Waals surface area (Å²) in [5.74, 6) is 0.102. The Morgan fingerprint density at radius 3 is 2.32 bits per heavy atom. The highest BCUT2D eigenvalue weighted by molar-refractivity contribution is 5.97. The molecular formula is C28H31NO9. The Balaban J connectivity index is 1.54. The summed E-state index contributed by atoms with van der Waals surface area (Å²) in [7, 11) is 0. The summed E-state index contributed by atoms with van der Waals surface area (Å²) < 4.78 is 33.4. The molecule has 0 spiro atoms. The van der Waals surface area contributed by atoms with E-state index in [1.807, 2.05) is 20.8 Å². The smallest absolute Gasteiger partial charge is 0.349 e. The molecule has 1 fully saturated rings. The zero-order valence-electron chi connectivity index (χ0n) is 21.7. The van der Waals surface area contributed by atoms with Gasteiger partial charge < -0.3 is 33.4 Å². The predicted molar refractivity (Wildman–Crippen MR) is 139 cm³/mol. The molecule has 1 atom stereocenters. The Morgan fingerprint density at radius 2 is 1.68 bits per heavy atom. The van der Waals surface area contributed by atoms with E-state index in [1.165, 1.54) is 24.3 Å². The highest BCUT2D eigenvalue weighted by atomic mass is 16.5. The third kappa shape index (κ3) is 6.25. The monoisotopic (exact) mass is 525 g/mol. The minimum atomic E-state index is -0.792. The van der Waals surface area contributed by atoms with Crippen LogP contribution < -0.4 is 29.9 Å². The van der Waals surface area contributed by atoms with Crippen molar-refractivity contribution in [2.24, 2.45) is 0 Å². The lowest BCUT2D eigenvalue weighted by Crippen LogP contribution is -2.34. The fraction of sp³-hybridized carbons (Fsp3) is 0.393. The molecule has 4 rings (SSSR count). The van der Waals surface area contributed by atoms with E-state index in [0.717, 1.165) is 12.8 Å². The molecule has 10 nitrogen and oxygen atoms in total. The molecule has 1 aliphatic rings. The maximum atomic E-state index is 13.0. The topological polar surface area (TPSA) is 123 Å². The molecule has 1 amide bonds. The number of hydrogen-bond donors (Lipinski definition) is 1. The standard InChI is InChI=1S/C28H31NO9/c1-4-33-23-13-18(14-24(34-5-2)25(23)35-6-3)27(31)37-19-10-9-17-12-21(28(32)38-22(17)15-19)26(30)29-16-20-8-7-11-36-20/h9-10,12-15,20H,4-8,11,16H2,1-3H3,(H,29,30). The first-order chi connectivity index (χ1) is 18.4. The number of hydrogen-bond acceptors (Lipinski definition) is 9. The van der Waals surface area contributed by atoms with E-state index < -0.39 is 17.5 Å². The quantitative estimate of drug-likeness (QED) is 0.224. The minimum Gasteiger partial charge on any atom is -0.490 e. The van der Waals surface area contributed by atoms with Crippen LogP contribution in [0.25, 0.3) is 11.0 Å². The van der Waals surface area contributed by atoms with E-state index in [4.69, 9.17) is 28.1 Å². The number of fused-ring (bicyclic) bond motifs is 1. The van der Waals surface area contributed by atoms with Crippen LogP contribution >= 0.6 is 0 Å². The molecule has 0 bridgehead atoms. The van der Waals surface area contributed by atoms with Crippen molar-refractivity contribution in [3.8, 4) is 23.0 Å². The Labute approximate surface area is 219 Å². The van der Waals surface area contributed by atoms with Gasteiger partial charge in [-0.2, -0.15) is 0 Å². The maximum absolute atomic E-state index is 13.0. The van der Waals surface area contributed by atoms with Crippen molar-refractivity contribution in [2.45, 2.75) is 39.7 Å². The van der Waals surface area contributed by atoms with Gasteiger partial charge >= 0.3 is 11.6 Å². The number of benzene rings is 2. The lowest BCUT2D eigenvalue weighted by molar-refractivity contribution is 0.0733. The summed E-state index contributed by atoms with van der Waals surface area (Å²) in [6, 6.07) is 9.09. The van der Waals surface area contributed by atoms with Gasteiger partial charge in [-0.1, -0.05) is 0 Å². The molecule has 10 heteroatoms. The Bertz CT molecular complexity index is 1330. The molecular weight excluding hydrogens is 494 g/mol. The van der Waals surface area contributed by atoms with Gasteiger partial charge in [-0.15, -0.1) is 0 Å². The van der Waals surface area contributed by atoms with Gasteiger partial charge in [0.2, 0.25) is 5.75 Å². The number of nitrogens with one attached hydrogen (secondary N) is 1. The summed E-state index contributed by atoms with van der Waals surface area (Å²) in [6.07, 6.45) is 1.77. The molecule has 1 saturated heterocycles. The van der Waals surface area contributed by atoms with E-state index in [9.17, 15) is 14.4 Å². The molecule has 3 aromatic rings. The molecule has 202 valence electrons. The van der Waals surface area contributed by atoms with Crippen molar-refractivity contribution in [3.05, 3.63) is 57.9 Å². The SMILES string of the molecule is CCOc1cc(C(=O)Oc2ccc3cc(C(=O)NCC4CCCO4)c(=O)oc3c2)cc(OCC)c1OCC. The number of rotatable bonds is 11. The van der Waals surface area contributed by atoms with Crippen molar-refractivity contribution >= 4 is 22.8 Å². The summed E-state index contributed by atoms with van der Waals surface area (Å²) in [5.41, 5.74) is -0.533. The average Bonchev–Trinajstić information content (AvgIpc) is 3.42. The fourth-order valence-electron chi connectivity index (χ4n) is 4.09. The van der Waals surface area contributed by atoms with Gasteiger partial charge in [-0.05, 0) is 63.9 Å². The fourth-order valence-corrected chi connectivity index (χ4v) is 4.09. The summed E-state index contributed by atoms with van der Waals surface area (Å²) in [5, 5.41) is 3.22. The molecule has 1 unspecified atom stereocenters. The Kier molecular flexibility index (Phi) is 8.85. The second-order valence-corrected chi connectivity index (χ2v) is 8.48. The van der Waals surface area contributed by atoms with Crippen molar-refractivity contribution in [1.82, 2.24) is 5.32 Å². The lowest BCUT2D eigenvalue weighted by atomic mass is 10.1. The number of carbonyl (C=O) groups excluding carboxylic acids is 2. The van der Waals surface area contributed by atoms with Crippen LogP contribution in [0.5, 0.6) is 23.0 Å². The molecule has 0 radical (unpaired) electrons. The first-order valence-electron chi connectivity index (χ1n) is 12.7. The van der Waals surface area contributed by atoms with Crippen LogP contribution in [-0.2, 0) is 4.74 Å². The van der Waals surface area contributed by atoms with Crippen LogP contribution in [0.3, 0.4) is 0 Å². The Morgan fingerprint density at radius 1 is 0.974 bits per heavy atom. The average molecular weight is 526 g/mol. The zero-order valence-corrected chi connectivity index (χ0v) is 21.7. The molecule has 0 saturated carbocycles. The van der Waals surface area contributed by atoms with Gasteiger partial charge in [0.1, 0.15) is 16.9 Å². The molecule has 1 aromatic heterocycles. The number of amides is 1. The normalized spacial score (nSPS) is 14.8. The van der Waals surface area contributed by atoms with E-state index in [-0.39, 0.29) is 28.6 Å². The zero-order chi connectivity index (χ0) is 27.1. The summed E-state index contributed by atoms with van der Waals surface area (Å²) >= 11 is 0. The molecule has 2 aromatic carbocycles. The first-order valence-corrected chi connectivity index (χ1v) is 12.7. The third-order valence-electron chi connectivity index (χ3n) is 5.82. The van der Waals surface area contributed by atoms with E-state index in [1.54, 1.807) is 12.1 Å². The van der Waals surface area contributed by atoms with Crippen LogP contribution in [0.15, 0.2) is 45.6 Å².